The van der Waals surface area contributed by atoms with Crippen molar-refractivity contribution in [2.45, 2.75) is 19.3 Å². The van der Waals surface area contributed by atoms with Crippen molar-refractivity contribution in [2.75, 3.05) is 14.2 Å². The van der Waals surface area contributed by atoms with E-state index >= 15 is 0 Å². The molecule has 1 saturated carbocycles. The summed E-state index contributed by atoms with van der Waals surface area (Å²) in [5.74, 6) is 1.60. The van der Waals surface area contributed by atoms with Crippen molar-refractivity contribution < 1.29 is 14.3 Å². The second kappa shape index (κ2) is 9.14. The largest absolute Gasteiger partial charge is 0.497 e. The van der Waals surface area contributed by atoms with E-state index < -0.39 is 6.03 Å². The summed E-state index contributed by atoms with van der Waals surface area (Å²) >= 11 is 0. The highest BCUT2D eigenvalue weighted by Crippen LogP contribution is 2.49. The average Bonchev–Trinajstić information content (AvgIpc) is 3.53. The maximum Gasteiger partial charge on any atom is 0.318 e. The molecule has 2 N–H and O–H groups in total. The van der Waals surface area contributed by atoms with Crippen molar-refractivity contribution in [3.63, 3.8) is 0 Å². The molecule has 0 radical (unpaired) electrons. The third-order valence-electron chi connectivity index (χ3n) is 4.92. The van der Waals surface area contributed by atoms with E-state index in [-0.39, 0.29) is 5.57 Å². The average molecular weight is 392 g/mol. The maximum absolute atomic E-state index is 11.4. The number of methoxy groups -OCH3 is 1. The molecule has 7 nitrogen and oxygen atoms in total. The number of benzene rings is 1. The molecule has 1 aliphatic rings. The van der Waals surface area contributed by atoms with Crippen LogP contribution in [0.1, 0.15) is 34.9 Å². The molecule has 1 aromatic carbocycles. The highest BCUT2D eigenvalue weighted by Gasteiger charge is 2.37. The quantitative estimate of drug-likeness (QED) is 0.558. The van der Waals surface area contributed by atoms with Crippen molar-refractivity contribution in [3.05, 3.63) is 65.1 Å². The second-order valence-corrected chi connectivity index (χ2v) is 6.85. The number of nitrogens with zero attached hydrogens (tertiary/aromatic N) is 2. The lowest BCUT2D eigenvalue weighted by Crippen LogP contribution is -2.28. The normalized spacial score (nSPS) is 18.4. The molecule has 2 atom stereocenters. The Morgan fingerprint density at radius 2 is 2.00 bits per heavy atom. The van der Waals surface area contributed by atoms with Gasteiger partial charge in [0.2, 0.25) is 0 Å². The van der Waals surface area contributed by atoms with Gasteiger partial charge in [0.05, 0.1) is 24.1 Å². The van der Waals surface area contributed by atoms with Gasteiger partial charge in [-0.25, -0.2) is 4.79 Å². The standard InChI is InChI=1S/C22H24N4O3/c1-14-19(11-21(26-25-14)17(13-27)12-24-22(28)23-2)20-10-16(20)7-4-15-5-8-18(29-3)9-6-15/h4-9,11-13,16,20H,10H2,1-3H3,(H2,23,24,28)/b7-4+,17-12+/t16-,20?/m0/s1. The maximum atomic E-state index is 11.4. The number of allylic oxidation sites excluding steroid dienone is 2. The minimum atomic E-state index is -0.407. The Bertz CT molecular complexity index is 951. The van der Waals surface area contributed by atoms with Crippen LogP contribution in [0.4, 0.5) is 4.79 Å². The number of aryl methyl sites for hydroxylation is 1. The third-order valence-corrected chi connectivity index (χ3v) is 4.92. The van der Waals surface area contributed by atoms with Crippen LogP contribution in [0.2, 0.25) is 0 Å². The van der Waals surface area contributed by atoms with Gasteiger partial charge in [0.15, 0.2) is 6.29 Å². The van der Waals surface area contributed by atoms with Crippen molar-refractivity contribution in [1.29, 1.82) is 0 Å². The fourth-order valence-electron chi connectivity index (χ4n) is 3.10. The monoisotopic (exact) mass is 392 g/mol. The Morgan fingerprint density at radius 3 is 2.66 bits per heavy atom. The van der Waals surface area contributed by atoms with E-state index in [9.17, 15) is 9.59 Å². The molecule has 2 amide bonds. The number of nitrogens with one attached hydrogen (secondary N) is 2. The molecule has 7 heteroatoms. The van der Waals surface area contributed by atoms with E-state index in [1.165, 1.54) is 13.2 Å². The number of rotatable bonds is 7. The van der Waals surface area contributed by atoms with Crippen LogP contribution < -0.4 is 15.4 Å². The van der Waals surface area contributed by atoms with Crippen molar-refractivity contribution >= 4 is 24.0 Å². The molecule has 1 aliphatic carbocycles. The molecular formula is C22H24N4O3. The van der Waals surface area contributed by atoms with Crippen LogP contribution >= 0.6 is 0 Å². The molecule has 29 heavy (non-hydrogen) atoms. The second-order valence-electron chi connectivity index (χ2n) is 6.85. The number of amides is 2. The summed E-state index contributed by atoms with van der Waals surface area (Å²) in [6, 6.07) is 9.39. The van der Waals surface area contributed by atoms with E-state index in [0.29, 0.717) is 23.8 Å². The summed E-state index contributed by atoms with van der Waals surface area (Å²) in [5, 5.41) is 13.2. The number of ether oxygens (including phenoxy) is 1. The Balaban J connectivity index is 1.72. The molecule has 0 spiro atoms. The highest BCUT2D eigenvalue weighted by atomic mass is 16.5. The predicted octanol–water partition coefficient (Wildman–Crippen LogP) is 3.08. The Labute approximate surface area is 169 Å². The summed E-state index contributed by atoms with van der Waals surface area (Å²) in [5.41, 5.74) is 3.76. The number of aromatic nitrogens is 2. The van der Waals surface area contributed by atoms with E-state index in [0.717, 1.165) is 29.0 Å². The number of aldehydes is 1. The van der Waals surface area contributed by atoms with Gasteiger partial charge in [-0.05, 0) is 54.5 Å². The van der Waals surface area contributed by atoms with Crippen LogP contribution in [0, 0.1) is 12.8 Å². The molecule has 0 saturated heterocycles. The Morgan fingerprint density at radius 1 is 1.24 bits per heavy atom. The summed E-state index contributed by atoms with van der Waals surface area (Å²) < 4.78 is 5.18. The van der Waals surface area contributed by atoms with E-state index in [1.807, 2.05) is 37.3 Å². The summed E-state index contributed by atoms with van der Waals surface area (Å²) in [7, 11) is 3.15. The van der Waals surface area contributed by atoms with E-state index in [4.69, 9.17) is 4.74 Å². The summed E-state index contributed by atoms with van der Waals surface area (Å²) in [6.07, 6.45) is 7.33. The van der Waals surface area contributed by atoms with Crippen LogP contribution in [0.5, 0.6) is 5.75 Å². The van der Waals surface area contributed by atoms with Crippen molar-refractivity contribution in [2.24, 2.45) is 5.92 Å². The van der Waals surface area contributed by atoms with Gasteiger partial charge in [0.1, 0.15) is 5.75 Å². The van der Waals surface area contributed by atoms with E-state index in [1.54, 1.807) is 7.11 Å². The zero-order valence-electron chi connectivity index (χ0n) is 16.7. The lowest BCUT2D eigenvalue weighted by molar-refractivity contribution is -0.103. The Kier molecular flexibility index (Phi) is 6.39. The van der Waals surface area contributed by atoms with Crippen LogP contribution in [-0.4, -0.2) is 36.7 Å². The first kappa shape index (κ1) is 20.3. The molecule has 2 aromatic rings. The van der Waals surface area contributed by atoms with Gasteiger partial charge in [-0.2, -0.15) is 10.2 Å². The van der Waals surface area contributed by atoms with Gasteiger partial charge >= 0.3 is 6.03 Å². The zero-order valence-corrected chi connectivity index (χ0v) is 16.7. The lowest BCUT2D eigenvalue weighted by Gasteiger charge is -2.07. The van der Waals surface area contributed by atoms with Crippen LogP contribution in [-0.2, 0) is 4.79 Å². The molecule has 0 aliphatic heterocycles. The fraction of sp³-hybridized carbons (Fsp3) is 0.273. The SMILES string of the molecule is CNC(=O)N/C=C(\C=O)c1cc(C2C[C@@H]2/C=C/c2ccc(OC)cc2)c(C)nn1. The number of hydrogen-bond donors (Lipinski definition) is 2. The van der Waals surface area contributed by atoms with Crippen LogP contribution in [0.15, 0.2) is 42.6 Å². The number of carbonyl (C=O) groups excluding carboxylic acids is 2. The number of hydrogen-bond acceptors (Lipinski definition) is 5. The lowest BCUT2D eigenvalue weighted by atomic mass is 10.0. The van der Waals surface area contributed by atoms with Gasteiger partial charge in [-0.3, -0.25) is 4.79 Å². The first-order valence-electron chi connectivity index (χ1n) is 9.36. The minimum absolute atomic E-state index is 0.272. The molecule has 1 heterocycles. The van der Waals surface area contributed by atoms with Gasteiger partial charge in [0, 0.05) is 13.2 Å². The summed E-state index contributed by atoms with van der Waals surface area (Å²) in [6.45, 7) is 1.92. The molecule has 0 bridgehead atoms. The molecule has 1 aromatic heterocycles. The Hall–Kier alpha value is -3.48. The first-order chi connectivity index (χ1) is 14.0. The van der Waals surface area contributed by atoms with Crippen LogP contribution in [0.25, 0.3) is 11.6 Å². The highest BCUT2D eigenvalue weighted by molar-refractivity contribution is 6.06. The number of carbonyl (C=O) groups is 2. The van der Waals surface area contributed by atoms with Gasteiger partial charge in [-0.15, -0.1) is 0 Å². The molecule has 1 unspecified atom stereocenters. The van der Waals surface area contributed by atoms with Gasteiger partial charge in [0.25, 0.3) is 0 Å². The van der Waals surface area contributed by atoms with Crippen molar-refractivity contribution in [1.82, 2.24) is 20.8 Å². The topological polar surface area (TPSA) is 93.2 Å². The first-order valence-corrected chi connectivity index (χ1v) is 9.36. The minimum Gasteiger partial charge on any atom is -0.497 e. The fourth-order valence-corrected chi connectivity index (χ4v) is 3.10. The molecular weight excluding hydrogens is 368 g/mol. The molecule has 1 fully saturated rings. The van der Waals surface area contributed by atoms with E-state index in [2.05, 4.69) is 33.0 Å². The predicted molar refractivity (Wildman–Crippen MR) is 111 cm³/mol. The van der Waals surface area contributed by atoms with Crippen molar-refractivity contribution in [3.8, 4) is 5.75 Å². The van der Waals surface area contributed by atoms with Gasteiger partial charge in [-0.1, -0.05) is 24.3 Å². The summed E-state index contributed by atoms with van der Waals surface area (Å²) in [4.78, 5) is 22.8. The molecule has 150 valence electrons. The van der Waals surface area contributed by atoms with Gasteiger partial charge < -0.3 is 15.4 Å². The van der Waals surface area contributed by atoms with Crippen LogP contribution in [0.3, 0.4) is 0 Å². The smallest absolute Gasteiger partial charge is 0.318 e. The zero-order chi connectivity index (χ0) is 20.8. The molecule has 3 rings (SSSR count). The number of urea groups is 1. The third kappa shape index (κ3) is 5.07.